The summed E-state index contributed by atoms with van der Waals surface area (Å²) in [5, 5.41) is 38.7. The van der Waals surface area contributed by atoms with Gasteiger partial charge in [-0.3, -0.25) is 0 Å². The molecule has 6 aromatic rings. The molecule has 4 N–H and O–H groups in total. The van der Waals surface area contributed by atoms with Crippen LogP contribution in [0.3, 0.4) is 0 Å². The zero-order valence-electron chi connectivity index (χ0n) is 27.2. The molecular formula is C42H40N2O4. The maximum absolute atomic E-state index is 9.73. The molecule has 242 valence electrons. The predicted molar refractivity (Wildman–Crippen MR) is 194 cm³/mol. The largest absolute Gasteiger partial charge is 0.392 e. The Hall–Kier alpha value is -5.24. The molecular weight excluding hydrogens is 596 g/mol. The van der Waals surface area contributed by atoms with Crippen molar-refractivity contribution in [3.8, 4) is 11.1 Å². The Morgan fingerprint density at radius 1 is 0.354 bits per heavy atom. The minimum Gasteiger partial charge on any atom is -0.392 e. The number of rotatable bonds is 11. The van der Waals surface area contributed by atoms with Gasteiger partial charge in [-0.05, 0) is 131 Å². The maximum atomic E-state index is 9.73. The molecule has 0 aliphatic carbocycles. The van der Waals surface area contributed by atoms with E-state index < -0.39 is 0 Å². The highest BCUT2D eigenvalue weighted by molar-refractivity contribution is 5.81. The van der Waals surface area contributed by atoms with E-state index >= 15 is 0 Å². The third kappa shape index (κ3) is 6.88. The highest BCUT2D eigenvalue weighted by Crippen LogP contribution is 2.39. The van der Waals surface area contributed by atoms with Crippen LogP contribution in [0.1, 0.15) is 33.4 Å². The first kappa shape index (κ1) is 32.7. The highest BCUT2D eigenvalue weighted by atomic mass is 16.3. The Bertz CT molecular complexity index is 1820. The molecule has 0 aliphatic heterocycles. The van der Waals surface area contributed by atoms with Crippen LogP contribution in [0.2, 0.25) is 0 Å². The fourth-order valence-corrected chi connectivity index (χ4v) is 5.99. The molecule has 0 fully saturated rings. The van der Waals surface area contributed by atoms with Gasteiger partial charge in [0, 0.05) is 34.1 Å². The standard InChI is InChI=1S/C42H40N2O4/c1-29-23-41(21-11-35(29)27-47)43(37-13-3-31(25-45)4-14-37)39-17-7-33(8-18-39)34-9-19-40(20-10-34)44(38-15-5-32(26-46)6-16-38)42-22-12-36(28-48)30(2)24-42/h3-24,45-48H,25-28H2,1-2H3. The topological polar surface area (TPSA) is 87.4 Å². The van der Waals surface area contributed by atoms with E-state index in [2.05, 4.69) is 70.5 Å². The molecule has 0 heterocycles. The summed E-state index contributed by atoms with van der Waals surface area (Å²) >= 11 is 0. The summed E-state index contributed by atoms with van der Waals surface area (Å²) in [6.45, 7) is 3.97. The minimum absolute atomic E-state index is 0.00577. The summed E-state index contributed by atoms with van der Waals surface area (Å²) in [5.41, 5.74) is 13.5. The lowest BCUT2D eigenvalue weighted by Crippen LogP contribution is -2.11. The van der Waals surface area contributed by atoms with Crippen LogP contribution in [0.25, 0.3) is 11.1 Å². The number of aliphatic hydroxyl groups excluding tert-OH is 4. The Balaban J connectivity index is 1.33. The zero-order chi connectivity index (χ0) is 33.6. The van der Waals surface area contributed by atoms with Crippen LogP contribution in [0.15, 0.2) is 133 Å². The summed E-state index contributed by atoms with van der Waals surface area (Å²) in [6.07, 6.45) is 0. The average Bonchev–Trinajstić information content (AvgIpc) is 3.13. The third-order valence-electron chi connectivity index (χ3n) is 8.85. The van der Waals surface area contributed by atoms with Gasteiger partial charge in [0.15, 0.2) is 0 Å². The first-order chi connectivity index (χ1) is 23.4. The van der Waals surface area contributed by atoms with E-state index in [9.17, 15) is 20.4 Å². The highest BCUT2D eigenvalue weighted by Gasteiger charge is 2.16. The van der Waals surface area contributed by atoms with Gasteiger partial charge in [0.2, 0.25) is 0 Å². The lowest BCUT2D eigenvalue weighted by atomic mass is 10.0. The van der Waals surface area contributed by atoms with E-state index in [1.807, 2.05) is 86.6 Å². The molecule has 6 heteroatoms. The fourth-order valence-electron chi connectivity index (χ4n) is 5.99. The zero-order valence-corrected chi connectivity index (χ0v) is 27.2. The number of anilines is 6. The van der Waals surface area contributed by atoms with Gasteiger partial charge >= 0.3 is 0 Å². The van der Waals surface area contributed by atoms with Gasteiger partial charge in [0.1, 0.15) is 0 Å². The Morgan fingerprint density at radius 3 is 0.917 bits per heavy atom. The van der Waals surface area contributed by atoms with Crippen molar-refractivity contribution in [2.24, 2.45) is 0 Å². The van der Waals surface area contributed by atoms with Crippen LogP contribution in [0.4, 0.5) is 34.1 Å². The maximum Gasteiger partial charge on any atom is 0.0684 e. The Labute approximate surface area is 282 Å². The van der Waals surface area contributed by atoms with Crippen molar-refractivity contribution >= 4 is 34.1 Å². The van der Waals surface area contributed by atoms with Crippen molar-refractivity contribution < 1.29 is 20.4 Å². The second-order valence-corrected chi connectivity index (χ2v) is 12.0. The van der Waals surface area contributed by atoms with E-state index in [1.165, 1.54) is 0 Å². The molecule has 0 aromatic heterocycles. The van der Waals surface area contributed by atoms with Gasteiger partial charge < -0.3 is 30.2 Å². The van der Waals surface area contributed by atoms with E-state index in [4.69, 9.17) is 0 Å². The first-order valence-electron chi connectivity index (χ1n) is 16.0. The van der Waals surface area contributed by atoms with E-state index in [1.54, 1.807) is 0 Å². The van der Waals surface area contributed by atoms with E-state index in [0.29, 0.717) is 0 Å². The monoisotopic (exact) mass is 636 g/mol. The third-order valence-corrected chi connectivity index (χ3v) is 8.85. The Kier molecular flexibility index (Phi) is 9.99. The van der Waals surface area contributed by atoms with Crippen molar-refractivity contribution in [3.05, 3.63) is 167 Å². The average molecular weight is 637 g/mol. The van der Waals surface area contributed by atoms with Gasteiger partial charge in [-0.1, -0.05) is 60.7 Å². The van der Waals surface area contributed by atoms with Crippen molar-refractivity contribution in [1.29, 1.82) is 0 Å². The van der Waals surface area contributed by atoms with Gasteiger partial charge in [0.25, 0.3) is 0 Å². The number of hydrogen-bond donors (Lipinski definition) is 4. The summed E-state index contributed by atoms with van der Waals surface area (Å²) in [6, 6.07) is 44.8. The number of benzene rings is 6. The van der Waals surface area contributed by atoms with Gasteiger partial charge in [-0.2, -0.15) is 0 Å². The van der Waals surface area contributed by atoms with Crippen LogP contribution in [0.5, 0.6) is 0 Å². The fraction of sp³-hybridized carbons (Fsp3) is 0.143. The molecule has 6 nitrogen and oxygen atoms in total. The summed E-state index contributed by atoms with van der Waals surface area (Å²) in [5.74, 6) is 0. The molecule has 6 aromatic carbocycles. The summed E-state index contributed by atoms with van der Waals surface area (Å²) < 4.78 is 0. The molecule has 48 heavy (non-hydrogen) atoms. The van der Waals surface area contributed by atoms with Gasteiger partial charge in [-0.25, -0.2) is 0 Å². The molecule has 0 spiro atoms. The van der Waals surface area contributed by atoms with Crippen molar-refractivity contribution in [2.45, 2.75) is 40.3 Å². The number of nitrogens with zero attached hydrogens (tertiary/aromatic N) is 2. The number of aryl methyl sites for hydroxylation is 2. The molecule has 0 aliphatic rings. The molecule has 0 bridgehead atoms. The number of aliphatic hydroxyl groups is 4. The van der Waals surface area contributed by atoms with Crippen LogP contribution < -0.4 is 9.80 Å². The predicted octanol–water partition coefficient (Wildman–Crippen LogP) is 8.88. The van der Waals surface area contributed by atoms with Gasteiger partial charge in [-0.15, -0.1) is 0 Å². The molecule has 0 saturated heterocycles. The van der Waals surface area contributed by atoms with Crippen LogP contribution in [-0.2, 0) is 26.4 Å². The first-order valence-corrected chi connectivity index (χ1v) is 16.0. The SMILES string of the molecule is Cc1cc(N(c2ccc(CO)cc2)c2ccc(-c3ccc(N(c4ccc(CO)cc4)c4ccc(CO)c(C)c4)cc3)cc2)ccc1CO. The van der Waals surface area contributed by atoms with E-state index in [0.717, 1.165) is 78.6 Å². The summed E-state index contributed by atoms with van der Waals surface area (Å²) in [4.78, 5) is 4.35. The van der Waals surface area contributed by atoms with Crippen molar-refractivity contribution in [2.75, 3.05) is 9.80 Å². The van der Waals surface area contributed by atoms with Crippen LogP contribution in [0, 0.1) is 13.8 Å². The van der Waals surface area contributed by atoms with E-state index in [-0.39, 0.29) is 26.4 Å². The minimum atomic E-state index is -0.0124. The number of hydrogen-bond acceptors (Lipinski definition) is 6. The van der Waals surface area contributed by atoms with Gasteiger partial charge in [0.05, 0.1) is 26.4 Å². The molecule has 0 atom stereocenters. The lowest BCUT2D eigenvalue weighted by Gasteiger charge is -2.27. The van der Waals surface area contributed by atoms with Crippen LogP contribution in [-0.4, -0.2) is 20.4 Å². The second-order valence-electron chi connectivity index (χ2n) is 12.0. The molecule has 0 amide bonds. The normalized spacial score (nSPS) is 11.0. The quantitative estimate of drug-likeness (QED) is 0.114. The molecule has 0 radical (unpaired) electrons. The lowest BCUT2D eigenvalue weighted by molar-refractivity contribution is 0.281. The van der Waals surface area contributed by atoms with Crippen molar-refractivity contribution in [1.82, 2.24) is 0 Å². The molecule has 0 unspecified atom stereocenters. The molecule has 0 saturated carbocycles. The summed E-state index contributed by atoms with van der Waals surface area (Å²) in [7, 11) is 0. The van der Waals surface area contributed by atoms with Crippen LogP contribution >= 0.6 is 0 Å². The smallest absolute Gasteiger partial charge is 0.0684 e. The second kappa shape index (κ2) is 14.7. The van der Waals surface area contributed by atoms with Crippen molar-refractivity contribution in [3.63, 3.8) is 0 Å². The molecule has 6 rings (SSSR count). The Morgan fingerprint density at radius 2 is 0.646 bits per heavy atom.